The summed E-state index contributed by atoms with van der Waals surface area (Å²) < 4.78 is 59.5. The number of rotatable bonds is 9. The highest BCUT2D eigenvalue weighted by Gasteiger charge is 2.22. The SMILES string of the molecule is CC(NS(=O)(=O)c1ccccc1)C(=O)Nc1cccc(S(=O)(=O)NCc2ccco2)c1. The van der Waals surface area contributed by atoms with E-state index in [-0.39, 0.29) is 22.0 Å². The summed E-state index contributed by atoms with van der Waals surface area (Å²) in [5.41, 5.74) is 0.205. The minimum absolute atomic E-state index is 0.0236. The van der Waals surface area contributed by atoms with Crippen molar-refractivity contribution >= 4 is 31.6 Å². The molecule has 164 valence electrons. The third-order valence-corrected chi connectivity index (χ3v) is 7.16. The van der Waals surface area contributed by atoms with Crippen LogP contribution in [0.1, 0.15) is 12.7 Å². The molecule has 0 aliphatic rings. The van der Waals surface area contributed by atoms with Gasteiger partial charge in [-0.1, -0.05) is 24.3 Å². The highest BCUT2D eigenvalue weighted by molar-refractivity contribution is 7.89. The first-order valence-corrected chi connectivity index (χ1v) is 12.1. The zero-order valence-corrected chi connectivity index (χ0v) is 18.1. The first-order valence-electron chi connectivity index (χ1n) is 9.18. The highest BCUT2D eigenvalue weighted by Crippen LogP contribution is 2.17. The second-order valence-corrected chi connectivity index (χ2v) is 10.1. The topological polar surface area (TPSA) is 135 Å². The third kappa shape index (κ3) is 6.01. The number of benzene rings is 2. The van der Waals surface area contributed by atoms with Gasteiger partial charge in [0.15, 0.2) is 0 Å². The Kier molecular flexibility index (Phi) is 6.91. The fraction of sp³-hybridized carbons (Fsp3) is 0.150. The summed E-state index contributed by atoms with van der Waals surface area (Å²) >= 11 is 0. The van der Waals surface area contributed by atoms with Crippen LogP contribution in [0.4, 0.5) is 5.69 Å². The van der Waals surface area contributed by atoms with Gasteiger partial charge in [0.25, 0.3) is 0 Å². The van der Waals surface area contributed by atoms with Crippen LogP contribution in [0.5, 0.6) is 0 Å². The molecule has 0 radical (unpaired) electrons. The molecule has 9 nitrogen and oxygen atoms in total. The molecule has 0 spiro atoms. The van der Waals surface area contributed by atoms with Gasteiger partial charge in [0.2, 0.25) is 26.0 Å². The van der Waals surface area contributed by atoms with Crippen molar-refractivity contribution in [2.45, 2.75) is 29.3 Å². The molecule has 3 N–H and O–H groups in total. The number of furan rings is 1. The molecule has 1 amide bonds. The Morgan fingerprint density at radius 1 is 0.903 bits per heavy atom. The van der Waals surface area contributed by atoms with Crippen LogP contribution in [0.2, 0.25) is 0 Å². The van der Waals surface area contributed by atoms with Crippen LogP contribution < -0.4 is 14.8 Å². The van der Waals surface area contributed by atoms with Crippen molar-refractivity contribution in [3.05, 3.63) is 78.8 Å². The second-order valence-electron chi connectivity index (χ2n) is 6.58. The van der Waals surface area contributed by atoms with Gasteiger partial charge in [0.05, 0.1) is 28.6 Å². The molecule has 0 saturated heterocycles. The fourth-order valence-electron chi connectivity index (χ4n) is 2.61. The van der Waals surface area contributed by atoms with Crippen LogP contribution in [0.25, 0.3) is 0 Å². The third-order valence-electron chi connectivity index (χ3n) is 4.21. The van der Waals surface area contributed by atoms with E-state index < -0.39 is 32.0 Å². The molecule has 1 unspecified atom stereocenters. The smallest absolute Gasteiger partial charge is 0.242 e. The van der Waals surface area contributed by atoms with Gasteiger partial charge in [-0.15, -0.1) is 0 Å². The summed E-state index contributed by atoms with van der Waals surface area (Å²) in [6, 6.07) is 15.5. The monoisotopic (exact) mass is 463 g/mol. The minimum Gasteiger partial charge on any atom is -0.468 e. The van der Waals surface area contributed by atoms with Gasteiger partial charge >= 0.3 is 0 Å². The van der Waals surface area contributed by atoms with E-state index in [1.165, 1.54) is 49.6 Å². The van der Waals surface area contributed by atoms with Gasteiger partial charge < -0.3 is 9.73 Å². The fourth-order valence-corrected chi connectivity index (χ4v) is 4.87. The van der Waals surface area contributed by atoms with Gasteiger partial charge in [-0.3, -0.25) is 4.79 Å². The summed E-state index contributed by atoms with van der Waals surface area (Å²) in [7, 11) is -7.74. The predicted molar refractivity (Wildman–Crippen MR) is 114 cm³/mol. The number of hydrogen-bond acceptors (Lipinski definition) is 6. The van der Waals surface area contributed by atoms with Crippen molar-refractivity contribution < 1.29 is 26.0 Å². The zero-order valence-electron chi connectivity index (χ0n) is 16.5. The maximum absolute atomic E-state index is 12.5. The van der Waals surface area contributed by atoms with Crippen molar-refractivity contribution in [3.63, 3.8) is 0 Å². The predicted octanol–water partition coefficient (Wildman–Crippen LogP) is 2.06. The molecule has 1 heterocycles. The van der Waals surface area contributed by atoms with Crippen LogP contribution in [-0.4, -0.2) is 28.8 Å². The maximum atomic E-state index is 12.5. The molecule has 11 heteroatoms. The van der Waals surface area contributed by atoms with Crippen LogP contribution in [-0.2, 0) is 31.4 Å². The normalized spacial score (nSPS) is 12.9. The standard InChI is InChI=1S/C20H21N3O6S2/c1-15(23-31(27,28)18-9-3-2-4-10-18)20(24)22-16-7-5-11-19(13-16)30(25,26)21-14-17-8-6-12-29-17/h2-13,15,21,23H,14H2,1H3,(H,22,24). The summed E-state index contributed by atoms with van der Waals surface area (Å²) in [6.45, 7) is 1.37. The molecule has 3 rings (SSSR count). The average Bonchev–Trinajstić information content (AvgIpc) is 3.27. The van der Waals surface area contributed by atoms with Gasteiger partial charge in [-0.25, -0.2) is 21.6 Å². The van der Waals surface area contributed by atoms with Crippen molar-refractivity contribution in [2.24, 2.45) is 0 Å². The molecule has 1 aromatic heterocycles. The number of nitrogens with one attached hydrogen (secondary N) is 3. The Bertz CT molecular complexity index is 1240. The molecule has 1 atom stereocenters. The molecule has 0 saturated carbocycles. The van der Waals surface area contributed by atoms with Gasteiger partial charge in [-0.05, 0) is 49.4 Å². The second kappa shape index (κ2) is 9.43. The highest BCUT2D eigenvalue weighted by atomic mass is 32.2. The number of carbonyl (C=O) groups excluding carboxylic acids is 1. The van der Waals surface area contributed by atoms with Crippen LogP contribution in [0.3, 0.4) is 0 Å². The molecular formula is C20H21N3O6S2. The van der Waals surface area contributed by atoms with Gasteiger partial charge in [0.1, 0.15) is 5.76 Å². The van der Waals surface area contributed by atoms with Gasteiger partial charge in [-0.2, -0.15) is 4.72 Å². The van der Waals surface area contributed by atoms with Crippen molar-refractivity contribution in [3.8, 4) is 0 Å². The summed E-state index contributed by atoms with van der Waals surface area (Å²) in [6.07, 6.45) is 1.44. The Morgan fingerprint density at radius 3 is 2.29 bits per heavy atom. The van der Waals surface area contributed by atoms with E-state index in [1.807, 2.05) is 0 Å². The molecule has 0 aliphatic heterocycles. The van der Waals surface area contributed by atoms with E-state index in [0.29, 0.717) is 5.76 Å². The molecule has 0 bridgehead atoms. The first kappa shape index (κ1) is 22.7. The molecule has 0 fully saturated rings. The number of carbonyl (C=O) groups is 1. The van der Waals surface area contributed by atoms with Crippen LogP contribution >= 0.6 is 0 Å². The lowest BCUT2D eigenvalue weighted by molar-refractivity contribution is -0.117. The van der Waals surface area contributed by atoms with Crippen molar-refractivity contribution in [1.29, 1.82) is 0 Å². The Labute approximate surface area is 180 Å². The zero-order chi connectivity index (χ0) is 22.5. The van der Waals surface area contributed by atoms with E-state index in [1.54, 1.807) is 30.3 Å². The summed E-state index contributed by atoms with van der Waals surface area (Å²) in [5, 5.41) is 2.52. The summed E-state index contributed by atoms with van der Waals surface area (Å²) in [4.78, 5) is 12.4. The van der Waals surface area contributed by atoms with Crippen molar-refractivity contribution in [2.75, 3.05) is 5.32 Å². The molecule has 31 heavy (non-hydrogen) atoms. The lowest BCUT2D eigenvalue weighted by Gasteiger charge is -2.15. The van der Waals surface area contributed by atoms with Crippen molar-refractivity contribution in [1.82, 2.24) is 9.44 Å². The molecule has 0 aliphatic carbocycles. The summed E-state index contributed by atoms with van der Waals surface area (Å²) in [5.74, 6) is -0.190. The van der Waals surface area contributed by atoms with E-state index in [0.717, 1.165) is 0 Å². The number of anilines is 1. The molecule has 2 aromatic carbocycles. The van der Waals surface area contributed by atoms with E-state index >= 15 is 0 Å². The maximum Gasteiger partial charge on any atom is 0.242 e. The molecule has 3 aromatic rings. The number of sulfonamides is 2. The average molecular weight is 464 g/mol. The quantitative estimate of drug-likeness (QED) is 0.445. The largest absolute Gasteiger partial charge is 0.468 e. The molecular weight excluding hydrogens is 442 g/mol. The number of amides is 1. The van der Waals surface area contributed by atoms with Crippen LogP contribution in [0, 0.1) is 0 Å². The minimum atomic E-state index is -3.88. The lowest BCUT2D eigenvalue weighted by Crippen LogP contribution is -2.41. The Morgan fingerprint density at radius 2 is 1.61 bits per heavy atom. The van der Waals surface area contributed by atoms with Gasteiger partial charge in [0, 0.05) is 5.69 Å². The van der Waals surface area contributed by atoms with E-state index in [4.69, 9.17) is 4.42 Å². The Hall–Kier alpha value is -2.99. The first-order chi connectivity index (χ1) is 14.7. The number of hydrogen-bond donors (Lipinski definition) is 3. The van der Waals surface area contributed by atoms with Crippen LogP contribution in [0.15, 0.2) is 87.2 Å². The Balaban J connectivity index is 1.66. The van der Waals surface area contributed by atoms with E-state index in [9.17, 15) is 21.6 Å². The van der Waals surface area contributed by atoms with E-state index in [2.05, 4.69) is 14.8 Å². The lowest BCUT2D eigenvalue weighted by atomic mass is 10.3.